The Morgan fingerprint density at radius 3 is 2.00 bits per heavy atom. The quantitative estimate of drug-likeness (QED) is 0.140. The second kappa shape index (κ2) is 13.3. The second-order valence-corrected chi connectivity index (χ2v) is 8.43. The average Bonchev–Trinajstić information content (AvgIpc) is 2.88. The van der Waals surface area contributed by atoms with Crippen LogP contribution >= 0.6 is 15.9 Å². The Morgan fingerprint density at radius 2 is 1.43 bits per heavy atom. The van der Waals surface area contributed by atoms with Crippen molar-refractivity contribution in [2.24, 2.45) is 5.10 Å². The van der Waals surface area contributed by atoms with E-state index in [1.54, 1.807) is 66.7 Å². The van der Waals surface area contributed by atoms with E-state index in [0.29, 0.717) is 47.2 Å². The van der Waals surface area contributed by atoms with E-state index >= 15 is 0 Å². The average molecular weight is 539 g/mol. The van der Waals surface area contributed by atoms with Crippen LogP contribution in [0.4, 0.5) is 0 Å². The Bertz CT molecular complexity index is 1160. The fourth-order valence-electron chi connectivity index (χ4n) is 2.93. The molecule has 1 N–H and O–H groups in total. The first-order valence-electron chi connectivity index (χ1n) is 11.3. The van der Waals surface area contributed by atoms with Gasteiger partial charge < -0.3 is 14.2 Å². The maximum atomic E-state index is 12.6. The number of nitrogens with zero attached hydrogens (tertiary/aromatic N) is 1. The van der Waals surface area contributed by atoms with Crippen molar-refractivity contribution >= 4 is 34.0 Å². The van der Waals surface area contributed by atoms with Gasteiger partial charge in [-0.25, -0.2) is 10.2 Å². The minimum Gasteiger partial charge on any atom is -0.494 e. The number of esters is 1. The van der Waals surface area contributed by atoms with Crippen LogP contribution in [-0.2, 0) is 0 Å². The lowest BCUT2D eigenvalue weighted by molar-refractivity contribution is 0.0734. The Kier molecular flexibility index (Phi) is 9.86. The van der Waals surface area contributed by atoms with Crippen LogP contribution < -0.4 is 19.6 Å². The third kappa shape index (κ3) is 7.96. The van der Waals surface area contributed by atoms with E-state index in [-0.39, 0.29) is 5.91 Å². The van der Waals surface area contributed by atoms with E-state index in [1.165, 1.54) is 6.21 Å². The van der Waals surface area contributed by atoms with Crippen molar-refractivity contribution in [2.75, 3.05) is 13.2 Å². The van der Waals surface area contributed by atoms with Crippen LogP contribution in [0.25, 0.3) is 0 Å². The first-order chi connectivity index (χ1) is 17.0. The molecule has 0 fully saturated rings. The smallest absolute Gasteiger partial charge is 0.343 e. The molecule has 182 valence electrons. The highest BCUT2D eigenvalue weighted by Gasteiger charge is 2.12. The zero-order valence-corrected chi connectivity index (χ0v) is 21.2. The van der Waals surface area contributed by atoms with E-state index in [1.807, 2.05) is 13.8 Å². The Balaban J connectivity index is 1.64. The van der Waals surface area contributed by atoms with Gasteiger partial charge in [-0.1, -0.05) is 29.8 Å². The van der Waals surface area contributed by atoms with Crippen LogP contribution in [0.15, 0.2) is 76.3 Å². The molecule has 0 saturated heterocycles. The van der Waals surface area contributed by atoms with E-state index in [4.69, 9.17) is 14.2 Å². The third-order valence-corrected chi connectivity index (χ3v) is 5.19. The van der Waals surface area contributed by atoms with Crippen molar-refractivity contribution in [1.82, 2.24) is 5.43 Å². The van der Waals surface area contributed by atoms with Gasteiger partial charge in [0.1, 0.15) is 17.2 Å². The van der Waals surface area contributed by atoms with Crippen molar-refractivity contribution in [3.63, 3.8) is 0 Å². The second-order valence-electron chi connectivity index (χ2n) is 7.52. The lowest BCUT2D eigenvalue weighted by Crippen LogP contribution is -2.17. The van der Waals surface area contributed by atoms with E-state index < -0.39 is 5.97 Å². The topological polar surface area (TPSA) is 86.2 Å². The lowest BCUT2D eigenvalue weighted by Gasteiger charge is -2.09. The molecule has 3 aromatic carbocycles. The summed E-state index contributed by atoms with van der Waals surface area (Å²) < 4.78 is 17.4. The van der Waals surface area contributed by atoms with Crippen molar-refractivity contribution in [3.8, 4) is 17.2 Å². The van der Waals surface area contributed by atoms with E-state index in [0.717, 1.165) is 17.3 Å². The minimum atomic E-state index is -0.515. The molecule has 8 heteroatoms. The van der Waals surface area contributed by atoms with Crippen LogP contribution in [-0.4, -0.2) is 31.3 Å². The van der Waals surface area contributed by atoms with Gasteiger partial charge >= 0.3 is 5.97 Å². The molecule has 0 aliphatic rings. The van der Waals surface area contributed by atoms with Crippen LogP contribution in [0.2, 0.25) is 0 Å². The Hall–Kier alpha value is -3.65. The number of carbonyl (C=O) groups is 2. The standard InChI is InChI=1S/C27H27BrN2O5/c1-3-15-33-23-10-5-19(6-11-23)26(31)30-29-18-21-17-22(28)9-14-25(21)35-27(32)20-7-12-24(13-8-20)34-16-4-2/h5-14,17-18H,3-4,15-16H2,1-2H3,(H,30,31)/b29-18-. The molecule has 0 spiro atoms. The minimum absolute atomic E-state index is 0.305. The predicted molar refractivity (Wildman–Crippen MR) is 139 cm³/mol. The summed E-state index contributed by atoms with van der Waals surface area (Å²) in [6.45, 7) is 5.28. The number of ether oxygens (including phenoxy) is 3. The molecule has 7 nitrogen and oxygen atoms in total. The maximum Gasteiger partial charge on any atom is 0.343 e. The largest absolute Gasteiger partial charge is 0.494 e. The normalized spacial score (nSPS) is 10.7. The number of hydrogen-bond acceptors (Lipinski definition) is 6. The van der Waals surface area contributed by atoms with Crippen molar-refractivity contribution in [2.45, 2.75) is 26.7 Å². The van der Waals surface area contributed by atoms with Crippen molar-refractivity contribution in [1.29, 1.82) is 0 Å². The number of amides is 1. The number of hydrogen-bond donors (Lipinski definition) is 1. The first kappa shape index (κ1) is 26.0. The molecule has 0 atom stereocenters. The summed E-state index contributed by atoms with van der Waals surface area (Å²) in [5, 5.41) is 4.03. The summed E-state index contributed by atoms with van der Waals surface area (Å²) in [6, 6.07) is 18.7. The van der Waals surface area contributed by atoms with Crippen LogP contribution in [0.3, 0.4) is 0 Å². The molecule has 0 aromatic heterocycles. The molecule has 35 heavy (non-hydrogen) atoms. The van der Waals surface area contributed by atoms with Gasteiger partial charge in [0.05, 0.1) is 25.0 Å². The summed E-state index contributed by atoms with van der Waals surface area (Å²) in [5.41, 5.74) is 3.83. The van der Waals surface area contributed by atoms with Crippen molar-refractivity contribution in [3.05, 3.63) is 87.9 Å². The van der Waals surface area contributed by atoms with Gasteiger partial charge in [-0.15, -0.1) is 0 Å². The molecular formula is C27H27BrN2O5. The Morgan fingerprint density at radius 1 is 0.857 bits per heavy atom. The summed E-state index contributed by atoms with van der Waals surface area (Å²) in [7, 11) is 0. The highest BCUT2D eigenvalue weighted by Crippen LogP contribution is 2.23. The molecule has 0 bridgehead atoms. The van der Waals surface area contributed by atoms with Crippen molar-refractivity contribution < 1.29 is 23.8 Å². The molecule has 0 heterocycles. The van der Waals surface area contributed by atoms with Gasteiger partial charge in [-0.2, -0.15) is 5.10 Å². The first-order valence-corrected chi connectivity index (χ1v) is 12.1. The zero-order chi connectivity index (χ0) is 25.0. The summed E-state index contributed by atoms with van der Waals surface area (Å²) in [5.74, 6) is 0.815. The van der Waals surface area contributed by atoms with Crippen LogP contribution in [0.5, 0.6) is 17.2 Å². The molecule has 0 saturated carbocycles. The summed E-state index contributed by atoms with van der Waals surface area (Å²) in [4.78, 5) is 25.0. The SMILES string of the molecule is CCCOc1ccc(C(=O)N/N=C\c2cc(Br)ccc2OC(=O)c2ccc(OCCC)cc2)cc1. The predicted octanol–water partition coefficient (Wildman–Crippen LogP) is 6.01. The van der Waals surface area contributed by atoms with Crippen LogP contribution in [0.1, 0.15) is 53.0 Å². The monoisotopic (exact) mass is 538 g/mol. The summed E-state index contributed by atoms with van der Waals surface area (Å²) in [6.07, 6.45) is 3.23. The number of carbonyl (C=O) groups excluding carboxylic acids is 2. The molecule has 0 aliphatic heterocycles. The molecule has 3 aromatic rings. The van der Waals surface area contributed by atoms with Crippen LogP contribution in [0, 0.1) is 0 Å². The fourth-order valence-corrected chi connectivity index (χ4v) is 3.31. The van der Waals surface area contributed by atoms with Gasteiger partial charge in [0, 0.05) is 15.6 Å². The van der Waals surface area contributed by atoms with Gasteiger partial charge in [-0.05, 0) is 79.6 Å². The zero-order valence-electron chi connectivity index (χ0n) is 19.6. The van der Waals surface area contributed by atoms with Gasteiger partial charge in [0.2, 0.25) is 0 Å². The van der Waals surface area contributed by atoms with Gasteiger partial charge in [-0.3, -0.25) is 4.79 Å². The molecule has 1 amide bonds. The number of benzene rings is 3. The number of halogens is 1. The third-order valence-electron chi connectivity index (χ3n) is 4.70. The highest BCUT2D eigenvalue weighted by molar-refractivity contribution is 9.10. The highest BCUT2D eigenvalue weighted by atomic mass is 79.9. The molecule has 3 rings (SSSR count). The molecule has 0 radical (unpaired) electrons. The van der Waals surface area contributed by atoms with Gasteiger partial charge in [0.15, 0.2) is 0 Å². The number of rotatable bonds is 11. The Labute approximate surface area is 213 Å². The summed E-state index contributed by atoms with van der Waals surface area (Å²) >= 11 is 3.40. The lowest BCUT2D eigenvalue weighted by atomic mass is 10.2. The van der Waals surface area contributed by atoms with Gasteiger partial charge in [0.25, 0.3) is 5.91 Å². The van der Waals surface area contributed by atoms with E-state index in [9.17, 15) is 9.59 Å². The molecule has 0 aliphatic carbocycles. The fraction of sp³-hybridized carbons (Fsp3) is 0.222. The molecular weight excluding hydrogens is 512 g/mol. The number of hydrazone groups is 1. The van der Waals surface area contributed by atoms with E-state index in [2.05, 4.69) is 26.5 Å². The molecule has 0 unspecified atom stereocenters. The number of nitrogens with one attached hydrogen (secondary N) is 1. The maximum absolute atomic E-state index is 12.6.